The van der Waals surface area contributed by atoms with Crippen molar-refractivity contribution in [1.29, 1.82) is 0 Å². The van der Waals surface area contributed by atoms with Gasteiger partial charge in [-0.3, -0.25) is 0 Å². The van der Waals surface area contributed by atoms with E-state index in [1.807, 2.05) is 30.3 Å². The standard InChI is InChI=1S/C17H14O3S/c1-21(18,19)20-15-11-9-14(10-12-15)17-8-4-6-13-5-2-3-7-16(13)17/h2-12H,1H3. The molecule has 0 saturated carbocycles. The maximum Gasteiger partial charge on any atom is 0.306 e. The van der Waals surface area contributed by atoms with Gasteiger partial charge in [-0.2, -0.15) is 8.42 Å². The van der Waals surface area contributed by atoms with Crippen LogP contribution in [-0.2, 0) is 10.1 Å². The average molecular weight is 298 g/mol. The molecule has 0 aromatic heterocycles. The van der Waals surface area contributed by atoms with Crippen LogP contribution < -0.4 is 4.18 Å². The fraction of sp³-hybridized carbons (Fsp3) is 0.0588. The maximum atomic E-state index is 11.1. The van der Waals surface area contributed by atoms with E-state index < -0.39 is 10.1 Å². The summed E-state index contributed by atoms with van der Waals surface area (Å²) in [7, 11) is -3.49. The van der Waals surface area contributed by atoms with E-state index in [4.69, 9.17) is 4.18 Å². The van der Waals surface area contributed by atoms with Crippen molar-refractivity contribution in [3.8, 4) is 16.9 Å². The molecule has 21 heavy (non-hydrogen) atoms. The molecule has 3 rings (SSSR count). The van der Waals surface area contributed by atoms with Crippen LogP contribution in [0, 0.1) is 0 Å². The second kappa shape index (κ2) is 5.22. The van der Waals surface area contributed by atoms with Gasteiger partial charge in [0.25, 0.3) is 0 Å². The summed E-state index contributed by atoms with van der Waals surface area (Å²) in [6.07, 6.45) is 1.03. The van der Waals surface area contributed by atoms with Gasteiger partial charge in [0.1, 0.15) is 5.75 Å². The summed E-state index contributed by atoms with van der Waals surface area (Å²) in [6.45, 7) is 0. The van der Waals surface area contributed by atoms with Crippen molar-refractivity contribution >= 4 is 20.9 Å². The molecule has 0 atom stereocenters. The van der Waals surface area contributed by atoms with Gasteiger partial charge in [0.2, 0.25) is 0 Å². The maximum absolute atomic E-state index is 11.1. The van der Waals surface area contributed by atoms with E-state index in [1.54, 1.807) is 12.1 Å². The lowest BCUT2D eigenvalue weighted by atomic mass is 9.98. The monoisotopic (exact) mass is 298 g/mol. The quantitative estimate of drug-likeness (QED) is 0.690. The molecule has 0 aliphatic carbocycles. The van der Waals surface area contributed by atoms with Gasteiger partial charge in [-0.1, -0.05) is 54.6 Å². The van der Waals surface area contributed by atoms with Gasteiger partial charge in [0.05, 0.1) is 6.26 Å². The highest BCUT2D eigenvalue weighted by atomic mass is 32.2. The Morgan fingerprint density at radius 2 is 1.48 bits per heavy atom. The van der Waals surface area contributed by atoms with E-state index in [1.165, 1.54) is 5.39 Å². The van der Waals surface area contributed by atoms with Crippen molar-refractivity contribution in [2.24, 2.45) is 0 Å². The Balaban J connectivity index is 2.04. The molecule has 4 heteroatoms. The van der Waals surface area contributed by atoms with Crippen LogP contribution in [0.4, 0.5) is 0 Å². The van der Waals surface area contributed by atoms with E-state index in [2.05, 4.69) is 24.3 Å². The summed E-state index contributed by atoms with van der Waals surface area (Å²) < 4.78 is 27.1. The summed E-state index contributed by atoms with van der Waals surface area (Å²) in [4.78, 5) is 0. The lowest BCUT2D eigenvalue weighted by molar-refractivity contribution is 0.493. The lowest BCUT2D eigenvalue weighted by Gasteiger charge is -2.08. The van der Waals surface area contributed by atoms with Gasteiger partial charge < -0.3 is 4.18 Å². The third-order valence-corrected chi connectivity index (χ3v) is 3.70. The molecule has 0 unspecified atom stereocenters. The molecule has 0 fully saturated rings. The van der Waals surface area contributed by atoms with Gasteiger partial charge in [-0.05, 0) is 34.0 Å². The molecular weight excluding hydrogens is 284 g/mol. The molecule has 0 saturated heterocycles. The van der Waals surface area contributed by atoms with E-state index >= 15 is 0 Å². The number of hydrogen-bond donors (Lipinski definition) is 0. The third kappa shape index (κ3) is 3.06. The average Bonchev–Trinajstić information content (AvgIpc) is 2.46. The number of hydrogen-bond acceptors (Lipinski definition) is 3. The predicted molar refractivity (Wildman–Crippen MR) is 84.9 cm³/mol. The van der Waals surface area contributed by atoms with Crippen molar-refractivity contribution in [2.45, 2.75) is 0 Å². The molecule has 0 spiro atoms. The minimum atomic E-state index is -3.49. The molecule has 3 aromatic rings. The largest absolute Gasteiger partial charge is 0.383 e. The van der Waals surface area contributed by atoms with Crippen LogP contribution in [0.15, 0.2) is 66.7 Å². The summed E-state index contributed by atoms with van der Waals surface area (Å²) >= 11 is 0. The molecule has 0 bridgehead atoms. The Morgan fingerprint density at radius 1 is 0.810 bits per heavy atom. The SMILES string of the molecule is CS(=O)(=O)Oc1ccc(-c2cccc3ccccc23)cc1. The smallest absolute Gasteiger partial charge is 0.306 e. The van der Waals surface area contributed by atoms with E-state index in [0.29, 0.717) is 5.75 Å². The van der Waals surface area contributed by atoms with Crippen LogP contribution in [0.5, 0.6) is 5.75 Å². The fourth-order valence-electron chi connectivity index (χ4n) is 2.34. The highest BCUT2D eigenvalue weighted by Crippen LogP contribution is 2.29. The Labute approximate surface area is 123 Å². The molecule has 106 valence electrons. The molecule has 0 aliphatic rings. The Hall–Kier alpha value is -2.33. The second-order valence-electron chi connectivity index (χ2n) is 4.84. The highest BCUT2D eigenvalue weighted by molar-refractivity contribution is 7.86. The van der Waals surface area contributed by atoms with Gasteiger partial charge in [0, 0.05) is 0 Å². The Morgan fingerprint density at radius 3 is 2.19 bits per heavy atom. The van der Waals surface area contributed by atoms with Crippen LogP contribution in [0.25, 0.3) is 21.9 Å². The van der Waals surface area contributed by atoms with Crippen LogP contribution in [0.3, 0.4) is 0 Å². The molecule has 3 aromatic carbocycles. The first kappa shape index (κ1) is 13.6. The van der Waals surface area contributed by atoms with Crippen LogP contribution >= 0.6 is 0 Å². The highest BCUT2D eigenvalue weighted by Gasteiger charge is 2.06. The first-order chi connectivity index (χ1) is 10.0. The minimum absolute atomic E-state index is 0.321. The normalized spacial score (nSPS) is 11.5. The molecular formula is C17H14O3S. The zero-order valence-electron chi connectivity index (χ0n) is 11.5. The number of fused-ring (bicyclic) bond motifs is 1. The van der Waals surface area contributed by atoms with Gasteiger partial charge in [-0.25, -0.2) is 0 Å². The van der Waals surface area contributed by atoms with Gasteiger partial charge in [-0.15, -0.1) is 0 Å². The van der Waals surface area contributed by atoms with E-state index in [0.717, 1.165) is 22.8 Å². The van der Waals surface area contributed by atoms with E-state index in [9.17, 15) is 8.42 Å². The zero-order valence-corrected chi connectivity index (χ0v) is 12.3. The Kier molecular flexibility index (Phi) is 3.39. The topological polar surface area (TPSA) is 43.4 Å². The third-order valence-electron chi connectivity index (χ3n) is 3.20. The van der Waals surface area contributed by atoms with Crippen LogP contribution in [0.2, 0.25) is 0 Å². The van der Waals surface area contributed by atoms with Crippen LogP contribution in [-0.4, -0.2) is 14.7 Å². The summed E-state index contributed by atoms with van der Waals surface area (Å²) in [6, 6.07) is 21.3. The van der Waals surface area contributed by atoms with Gasteiger partial charge in [0.15, 0.2) is 0 Å². The summed E-state index contributed by atoms with van der Waals surface area (Å²) in [5.41, 5.74) is 2.13. The van der Waals surface area contributed by atoms with Crippen LogP contribution in [0.1, 0.15) is 0 Å². The first-order valence-corrected chi connectivity index (χ1v) is 8.32. The Bertz CT molecular complexity index is 876. The van der Waals surface area contributed by atoms with E-state index in [-0.39, 0.29) is 0 Å². The molecule has 0 radical (unpaired) electrons. The summed E-state index contributed by atoms with van der Waals surface area (Å²) in [5, 5.41) is 2.34. The lowest BCUT2D eigenvalue weighted by Crippen LogP contribution is -2.05. The van der Waals surface area contributed by atoms with Crippen molar-refractivity contribution in [3.63, 3.8) is 0 Å². The predicted octanol–water partition coefficient (Wildman–Crippen LogP) is 3.85. The first-order valence-electron chi connectivity index (χ1n) is 6.51. The molecule has 0 amide bonds. The summed E-state index contributed by atoms with van der Waals surface area (Å²) in [5.74, 6) is 0.321. The van der Waals surface area contributed by atoms with Crippen molar-refractivity contribution in [1.82, 2.24) is 0 Å². The van der Waals surface area contributed by atoms with Crippen molar-refractivity contribution < 1.29 is 12.6 Å². The van der Waals surface area contributed by atoms with Gasteiger partial charge >= 0.3 is 10.1 Å². The second-order valence-corrected chi connectivity index (χ2v) is 6.41. The van der Waals surface area contributed by atoms with Crippen molar-refractivity contribution in [2.75, 3.05) is 6.26 Å². The molecule has 0 aliphatic heterocycles. The number of benzene rings is 3. The molecule has 0 N–H and O–H groups in total. The molecule has 0 heterocycles. The minimum Gasteiger partial charge on any atom is -0.383 e. The van der Waals surface area contributed by atoms with Crippen molar-refractivity contribution in [3.05, 3.63) is 66.7 Å². The number of rotatable bonds is 3. The fourth-order valence-corrected chi connectivity index (χ4v) is 2.80. The zero-order chi connectivity index (χ0) is 14.9. The molecule has 3 nitrogen and oxygen atoms in total.